The zero-order chi connectivity index (χ0) is 27.5. The zero-order valence-corrected chi connectivity index (χ0v) is 23.5. The van der Waals surface area contributed by atoms with E-state index in [1.807, 2.05) is 0 Å². The molecule has 0 spiro atoms. The van der Waals surface area contributed by atoms with E-state index in [1.54, 1.807) is 0 Å². The molecule has 0 aliphatic carbocycles. The Labute approximate surface area is 243 Å². The quantitative estimate of drug-likeness (QED) is 0.127. The van der Waals surface area contributed by atoms with Gasteiger partial charge in [0.05, 0.1) is 0 Å². The van der Waals surface area contributed by atoms with Crippen LogP contribution < -0.4 is 0 Å². The molecule has 0 unspecified atom stereocenters. The monoisotopic (exact) mass is 579 g/mol. The van der Waals surface area contributed by atoms with Gasteiger partial charge in [0, 0.05) is 4.47 Å². The van der Waals surface area contributed by atoms with Crippen molar-refractivity contribution in [3.63, 3.8) is 0 Å². The molecule has 0 saturated carbocycles. The third-order valence-electron chi connectivity index (χ3n) is 7.37. The summed E-state index contributed by atoms with van der Waals surface area (Å²) in [6.07, 6.45) is 0. The first-order valence-corrected chi connectivity index (χ1v) is 14.1. The molecular weight excluding hydrogens is 555 g/mol. The van der Waals surface area contributed by atoms with Crippen LogP contribution in [-0.4, -0.2) is 8.02 Å². The summed E-state index contributed by atoms with van der Waals surface area (Å²) >= 11 is 7.64. The van der Waals surface area contributed by atoms with Gasteiger partial charge < -0.3 is 0 Å². The number of halogens is 1. The second-order valence-electron chi connectivity index (χ2n) is 9.45. The number of rotatable bonds is 0. The van der Waals surface area contributed by atoms with Gasteiger partial charge in [-0.2, -0.15) is 0 Å². The van der Waals surface area contributed by atoms with Crippen LogP contribution in [0.2, 0.25) is 0 Å². The number of fused-ring (bicyclic) bond motifs is 10. The van der Waals surface area contributed by atoms with Crippen LogP contribution in [0.3, 0.4) is 0 Å². The first kappa shape index (κ1) is 24.1. The summed E-state index contributed by atoms with van der Waals surface area (Å²) in [5, 5.41) is 15.8. The first-order valence-electron chi connectivity index (χ1n) is 13.4. The van der Waals surface area contributed by atoms with Gasteiger partial charge in [0.25, 0.3) is 0 Å². The van der Waals surface area contributed by atoms with Gasteiger partial charge >= 0.3 is 20.1 Å². The second-order valence-corrected chi connectivity index (χ2v) is 10.3. The van der Waals surface area contributed by atoms with Crippen LogP contribution in [0.25, 0.3) is 64.6 Å². The average Bonchev–Trinajstić information content (AvgIpc) is 3.01. The third kappa shape index (κ3) is 4.63. The topological polar surface area (TPSA) is 0 Å². The van der Waals surface area contributed by atoms with Crippen LogP contribution in [0.5, 0.6) is 0 Å². The van der Waals surface area contributed by atoms with Gasteiger partial charge in [-0.3, -0.25) is 0 Å². The summed E-state index contributed by atoms with van der Waals surface area (Å²) in [6.45, 7) is 0.833. The molecule has 0 atom stereocenters. The predicted octanol–water partition coefficient (Wildman–Crippen LogP) is 11.1. The van der Waals surface area contributed by atoms with Crippen molar-refractivity contribution in [2.24, 2.45) is 0 Å². The minimum absolute atomic E-state index is 0.833. The van der Waals surface area contributed by atoms with Crippen molar-refractivity contribution in [1.82, 2.24) is 0 Å². The molecule has 0 bridgehead atoms. The minimum Gasteiger partial charge on any atom is -0.0616 e. The first-order chi connectivity index (χ1) is 19.7. The van der Waals surface area contributed by atoms with Gasteiger partial charge in [-0.05, 0) is 70.7 Å². The Balaban J connectivity index is 0.000000132. The zero-order valence-electron chi connectivity index (χ0n) is 22.1. The van der Waals surface area contributed by atoms with Crippen LogP contribution in [0.15, 0.2) is 144 Å². The van der Waals surface area contributed by atoms with Crippen molar-refractivity contribution in [2.45, 2.75) is 0 Å². The largest absolute Gasteiger partial charge is 0.0616 e. The Morgan fingerprint density at radius 1 is 0.410 bits per heavy atom. The number of hydrogen-bond donors (Lipinski definition) is 0. The number of hydrogen-bond acceptors (Lipinski definition) is 1. The second kappa shape index (κ2) is 11.1. The molecule has 0 aromatic heterocycles. The van der Waals surface area contributed by atoms with E-state index in [1.165, 1.54) is 64.6 Å². The number of benzene rings is 8. The maximum Gasteiger partial charge on any atom is -0.00990 e. The molecule has 8 aromatic carbocycles. The Morgan fingerprint density at radius 2 is 0.718 bits per heavy atom. The average molecular weight is 580 g/mol. The van der Waals surface area contributed by atoms with Crippen LogP contribution in [0.4, 0.5) is 0 Å². The molecule has 3 heteroatoms. The third-order valence-corrected chi connectivity index (χ3v) is 8.02. The van der Waals surface area contributed by atoms with E-state index < -0.39 is 0 Å². The van der Waals surface area contributed by atoms with E-state index >= 15 is 0 Å². The molecular formula is C36H24BBrS. The van der Waals surface area contributed by atoms with E-state index in [0.29, 0.717) is 0 Å². The Bertz CT molecular complexity index is 2100. The van der Waals surface area contributed by atoms with E-state index in [2.05, 4.69) is 168 Å². The Morgan fingerprint density at radius 3 is 1.18 bits per heavy atom. The standard InChI is InChI=1S/C18H11Br.C18H12.BHS/c19-18-11-17-13-6-2-1-5-12(13)9-10-15(17)14-7-3-4-8-16(14)18;1-3-7-15-13(5-1)9-11-18-16-8-4-2-6-14(16)10-12-17(15)18;1-2/h1-11H;1-12H;1H/i;;1D. The van der Waals surface area contributed by atoms with E-state index in [0.717, 1.165) is 11.2 Å². The summed E-state index contributed by atoms with van der Waals surface area (Å²) in [5.74, 6) is 0. The molecule has 8 rings (SSSR count). The van der Waals surface area contributed by atoms with Gasteiger partial charge in [0.2, 0.25) is 0 Å². The summed E-state index contributed by atoms with van der Waals surface area (Å²) in [5.41, 5.74) is 0. The molecule has 0 saturated heterocycles. The molecule has 0 radical (unpaired) electrons. The van der Waals surface area contributed by atoms with E-state index in [4.69, 9.17) is 1.34 Å². The van der Waals surface area contributed by atoms with Crippen molar-refractivity contribution in [2.75, 3.05) is 0 Å². The summed E-state index contributed by atoms with van der Waals surface area (Å²) in [4.78, 5) is 0. The molecule has 0 heterocycles. The van der Waals surface area contributed by atoms with E-state index in [9.17, 15) is 0 Å². The molecule has 39 heavy (non-hydrogen) atoms. The maximum absolute atomic E-state index is 5.90. The van der Waals surface area contributed by atoms with Crippen LogP contribution in [0, 0.1) is 0 Å². The van der Waals surface area contributed by atoms with Crippen LogP contribution >= 0.6 is 28.0 Å². The summed E-state index contributed by atoms with van der Waals surface area (Å²) in [6, 6.07) is 49.8. The van der Waals surface area contributed by atoms with Crippen molar-refractivity contribution in [3.8, 4) is 0 Å². The van der Waals surface area contributed by atoms with Crippen molar-refractivity contribution in [1.29, 1.82) is 1.34 Å². The van der Waals surface area contributed by atoms with Crippen LogP contribution in [0.1, 0.15) is 0 Å². The fourth-order valence-corrected chi connectivity index (χ4v) is 6.16. The van der Waals surface area contributed by atoms with Crippen LogP contribution in [-0.2, 0) is 0 Å². The van der Waals surface area contributed by atoms with Gasteiger partial charge in [-0.1, -0.05) is 149 Å². The fourth-order valence-electron chi connectivity index (χ4n) is 5.59. The fraction of sp³-hybridized carbons (Fsp3) is 0. The predicted molar refractivity (Wildman–Crippen MR) is 180 cm³/mol. The minimum atomic E-state index is 0.833. The van der Waals surface area contributed by atoms with Crippen molar-refractivity contribution < 1.29 is 0 Å². The van der Waals surface area contributed by atoms with Crippen molar-refractivity contribution >= 4 is 99.3 Å². The molecule has 0 N–H and O–H groups in total. The van der Waals surface area contributed by atoms with Gasteiger partial charge in [0.15, 0.2) is 0 Å². The Hall–Kier alpha value is -3.92. The summed E-state index contributed by atoms with van der Waals surface area (Å²) in [7, 11) is 0. The molecule has 0 aliphatic heterocycles. The van der Waals surface area contributed by atoms with E-state index in [-0.39, 0.29) is 0 Å². The molecule has 0 amide bonds. The molecule has 0 nitrogen and oxygen atoms in total. The molecule has 8 aromatic rings. The summed E-state index contributed by atoms with van der Waals surface area (Å²) < 4.78 is 7.06. The SMILES string of the molecule is Brc1cc2c3ccccc3ccc2c2ccccc12.[2H]B=S.c1ccc2c(c1)ccc1c3ccccc3ccc21. The van der Waals surface area contributed by atoms with Crippen molar-refractivity contribution in [3.05, 3.63) is 144 Å². The van der Waals surface area contributed by atoms with Gasteiger partial charge in [0.1, 0.15) is 0 Å². The molecule has 0 fully saturated rings. The molecule has 184 valence electrons. The Kier molecular flexibility index (Phi) is 6.85. The smallest absolute Gasteiger partial charge is 0.00990 e. The van der Waals surface area contributed by atoms with Gasteiger partial charge in [-0.25, -0.2) is 0 Å². The normalized spacial score (nSPS) is 11.1. The molecule has 0 aliphatic rings. The van der Waals surface area contributed by atoms with Gasteiger partial charge in [-0.15, -0.1) is 0 Å². The maximum atomic E-state index is 5.90.